The Labute approximate surface area is 256 Å². The zero-order valence-corrected chi connectivity index (χ0v) is 27.7. The van der Waals surface area contributed by atoms with Crippen LogP contribution in [0.4, 0.5) is 5.69 Å². The van der Waals surface area contributed by atoms with Crippen LogP contribution in [-0.4, -0.2) is 68.1 Å². The van der Waals surface area contributed by atoms with Crippen molar-refractivity contribution in [2.75, 3.05) is 18.5 Å². The third-order valence-electron chi connectivity index (χ3n) is 8.96. The quantitative estimate of drug-likeness (QED) is 0.320. The molecular formula is C33H51N3O5S. The Hall–Kier alpha value is -2.26. The molecule has 3 fully saturated rings. The zero-order chi connectivity index (χ0) is 31.3. The summed E-state index contributed by atoms with van der Waals surface area (Å²) < 4.78 is 4.32. The van der Waals surface area contributed by atoms with Gasteiger partial charge in [0.05, 0.1) is 35.8 Å². The van der Waals surface area contributed by atoms with Crippen molar-refractivity contribution in [3.05, 3.63) is 24.3 Å². The number of ether oxygens (including phenoxy) is 1. The van der Waals surface area contributed by atoms with E-state index in [1.807, 2.05) is 45.0 Å². The van der Waals surface area contributed by atoms with Gasteiger partial charge in [0.2, 0.25) is 17.7 Å². The van der Waals surface area contributed by atoms with E-state index in [-0.39, 0.29) is 35.7 Å². The Morgan fingerprint density at radius 3 is 2.31 bits per heavy atom. The molecule has 1 aromatic carbocycles. The van der Waals surface area contributed by atoms with Crippen molar-refractivity contribution in [1.82, 2.24) is 10.2 Å². The number of likely N-dealkylation sites (tertiary alicyclic amines) is 1. The summed E-state index contributed by atoms with van der Waals surface area (Å²) in [5, 5.41) is 16.9. The Balaban J connectivity index is 1.71. The second-order valence-electron chi connectivity index (χ2n) is 15.0. The number of anilines is 1. The van der Waals surface area contributed by atoms with Gasteiger partial charge in [0.15, 0.2) is 0 Å². The van der Waals surface area contributed by atoms with E-state index >= 15 is 0 Å². The minimum absolute atomic E-state index is 0.00779. The summed E-state index contributed by atoms with van der Waals surface area (Å²) in [7, 11) is 0. The van der Waals surface area contributed by atoms with Crippen LogP contribution in [-0.2, 0) is 14.4 Å². The molecule has 0 aromatic heterocycles. The summed E-state index contributed by atoms with van der Waals surface area (Å²) in [6, 6.07) is 5.99. The highest BCUT2D eigenvalue weighted by atomic mass is 32.2. The highest BCUT2D eigenvalue weighted by Gasteiger charge is 2.77. The molecule has 9 heteroatoms. The summed E-state index contributed by atoms with van der Waals surface area (Å²) >= 11 is 1.65. The molecule has 0 aliphatic carbocycles. The third kappa shape index (κ3) is 6.19. The van der Waals surface area contributed by atoms with Crippen LogP contribution in [0.5, 0.6) is 5.75 Å². The normalized spacial score (nSPS) is 29.5. The highest BCUT2D eigenvalue weighted by Crippen LogP contribution is 2.71. The molecule has 3 heterocycles. The first-order chi connectivity index (χ1) is 19.5. The first-order valence-electron chi connectivity index (χ1n) is 15.5. The predicted octanol–water partition coefficient (Wildman–Crippen LogP) is 5.24. The van der Waals surface area contributed by atoms with Crippen molar-refractivity contribution in [2.45, 2.75) is 115 Å². The number of nitrogens with zero attached hydrogens (tertiary/aromatic N) is 1. The van der Waals surface area contributed by atoms with E-state index < -0.39 is 39.0 Å². The average molecular weight is 602 g/mol. The first kappa shape index (κ1) is 32.6. The number of rotatable bonds is 11. The van der Waals surface area contributed by atoms with Gasteiger partial charge in [-0.3, -0.25) is 14.4 Å². The molecule has 3 aliphatic rings. The van der Waals surface area contributed by atoms with Gasteiger partial charge in [0.1, 0.15) is 11.8 Å². The molecule has 0 saturated carbocycles. The van der Waals surface area contributed by atoms with E-state index in [1.165, 1.54) is 0 Å². The van der Waals surface area contributed by atoms with E-state index in [4.69, 9.17) is 4.74 Å². The molecule has 1 aromatic rings. The topological polar surface area (TPSA) is 108 Å². The number of thioether (sulfide) groups is 1. The maximum atomic E-state index is 14.5. The first-order valence-corrected chi connectivity index (χ1v) is 16.3. The van der Waals surface area contributed by atoms with Crippen molar-refractivity contribution in [3.63, 3.8) is 0 Å². The number of nitrogens with one attached hydrogen (secondary N) is 2. The van der Waals surface area contributed by atoms with Crippen LogP contribution in [0.3, 0.4) is 0 Å². The molecule has 6 atom stereocenters. The van der Waals surface area contributed by atoms with Crippen LogP contribution >= 0.6 is 11.8 Å². The molecule has 1 spiro atoms. The van der Waals surface area contributed by atoms with Gasteiger partial charge in [-0.25, -0.2) is 0 Å². The van der Waals surface area contributed by atoms with Crippen LogP contribution in [0.15, 0.2) is 24.3 Å². The van der Waals surface area contributed by atoms with Crippen molar-refractivity contribution >= 4 is 35.2 Å². The monoisotopic (exact) mass is 601 g/mol. The van der Waals surface area contributed by atoms with E-state index in [1.54, 1.807) is 16.7 Å². The summed E-state index contributed by atoms with van der Waals surface area (Å²) in [6.45, 7) is 18.9. The fraction of sp³-hybridized carbons (Fsp3) is 0.727. The largest absolute Gasteiger partial charge is 0.494 e. The molecule has 2 unspecified atom stereocenters. The molecule has 234 valence electrons. The van der Waals surface area contributed by atoms with Crippen molar-refractivity contribution in [1.29, 1.82) is 0 Å². The number of fused-ring (bicyclic) bond motifs is 1. The van der Waals surface area contributed by atoms with Crippen molar-refractivity contribution in [2.24, 2.45) is 23.2 Å². The van der Waals surface area contributed by atoms with Gasteiger partial charge >= 0.3 is 0 Å². The number of aliphatic hydroxyl groups is 1. The summed E-state index contributed by atoms with van der Waals surface area (Å²) in [5.41, 5.74) is 0.135. The van der Waals surface area contributed by atoms with Crippen molar-refractivity contribution in [3.8, 4) is 5.75 Å². The lowest BCUT2D eigenvalue weighted by Gasteiger charge is -2.40. The Morgan fingerprint density at radius 2 is 1.76 bits per heavy atom. The SMILES string of the molecule is CCOc1ccc(NC(=O)[C@H]2[C@H]3C(=O)N([C@@H](CO)CC(C)C)C(C(=O)NC(C)(C)CC(C)(C)C)C34CC[C@]2(C)S4)cc1. The highest BCUT2D eigenvalue weighted by molar-refractivity contribution is 8.02. The van der Waals surface area contributed by atoms with Crippen molar-refractivity contribution < 1.29 is 24.2 Å². The number of hydrogen-bond acceptors (Lipinski definition) is 6. The second-order valence-corrected chi connectivity index (χ2v) is 16.9. The number of carbonyl (C=O) groups excluding carboxylic acids is 3. The summed E-state index contributed by atoms with van der Waals surface area (Å²) in [5.74, 6) is -0.884. The van der Waals surface area contributed by atoms with Gasteiger partial charge < -0.3 is 25.4 Å². The average Bonchev–Trinajstić information content (AvgIpc) is 3.42. The molecule has 2 bridgehead atoms. The van der Waals surface area contributed by atoms with Gasteiger partial charge in [-0.2, -0.15) is 0 Å². The lowest BCUT2D eigenvalue weighted by molar-refractivity contribution is -0.143. The molecule has 3 N–H and O–H groups in total. The number of carbonyl (C=O) groups is 3. The van der Waals surface area contributed by atoms with E-state index in [9.17, 15) is 19.5 Å². The Kier molecular flexibility index (Phi) is 9.08. The molecular weight excluding hydrogens is 550 g/mol. The smallest absolute Gasteiger partial charge is 0.244 e. The number of amides is 3. The predicted molar refractivity (Wildman–Crippen MR) is 168 cm³/mol. The zero-order valence-electron chi connectivity index (χ0n) is 26.9. The van der Waals surface area contributed by atoms with Crippen LogP contribution in [0.2, 0.25) is 0 Å². The third-order valence-corrected chi connectivity index (χ3v) is 10.9. The van der Waals surface area contributed by atoms with Gasteiger partial charge in [-0.1, -0.05) is 34.6 Å². The lowest BCUT2D eigenvalue weighted by atomic mass is 9.66. The van der Waals surface area contributed by atoms with E-state index in [2.05, 4.69) is 52.2 Å². The van der Waals surface area contributed by atoms with Crippen LogP contribution < -0.4 is 15.4 Å². The number of hydrogen-bond donors (Lipinski definition) is 3. The lowest BCUT2D eigenvalue weighted by Crippen LogP contribution is -2.60. The van der Waals surface area contributed by atoms with Crippen LogP contribution in [0, 0.1) is 23.2 Å². The molecule has 3 saturated heterocycles. The van der Waals surface area contributed by atoms with Gasteiger partial charge in [0, 0.05) is 16.0 Å². The Morgan fingerprint density at radius 1 is 1.12 bits per heavy atom. The second kappa shape index (κ2) is 11.7. The Bertz CT molecular complexity index is 1180. The fourth-order valence-electron chi connectivity index (χ4n) is 8.07. The van der Waals surface area contributed by atoms with Gasteiger partial charge in [0.25, 0.3) is 0 Å². The molecule has 42 heavy (non-hydrogen) atoms. The summed E-state index contributed by atoms with van der Waals surface area (Å²) in [6.07, 6.45) is 2.74. The van der Waals surface area contributed by atoms with E-state index in [0.29, 0.717) is 25.1 Å². The molecule has 4 rings (SSSR count). The minimum Gasteiger partial charge on any atom is -0.494 e. The van der Waals surface area contributed by atoms with Crippen LogP contribution in [0.1, 0.15) is 88.0 Å². The number of benzene rings is 1. The maximum Gasteiger partial charge on any atom is 0.244 e. The fourth-order valence-corrected chi connectivity index (χ4v) is 10.4. The standard InChI is InChI=1S/C33H51N3O5S/c1-10-41-23-13-11-21(12-14-23)34-27(38)24-25-29(40)36(22(18-37)17-20(2)3)26(33(25)16-15-32(24,9)42-33)28(39)35-31(7,8)19-30(4,5)6/h11-14,20,22,24-26,37H,10,15-19H2,1-9H3,(H,34,38)(H,35,39)/t22-,24-,25+,26?,32+,33?/m1/s1. The summed E-state index contributed by atoms with van der Waals surface area (Å²) in [4.78, 5) is 44.6. The molecule has 8 nitrogen and oxygen atoms in total. The minimum atomic E-state index is -0.764. The van der Waals surface area contributed by atoms with E-state index in [0.717, 1.165) is 18.6 Å². The van der Waals surface area contributed by atoms with Crippen LogP contribution in [0.25, 0.3) is 0 Å². The number of aliphatic hydroxyl groups excluding tert-OH is 1. The molecule has 3 amide bonds. The van der Waals surface area contributed by atoms with Gasteiger partial charge in [-0.05, 0) is 89.0 Å². The maximum absolute atomic E-state index is 14.5. The molecule has 3 aliphatic heterocycles. The molecule has 0 radical (unpaired) electrons. The van der Waals surface area contributed by atoms with Gasteiger partial charge in [-0.15, -0.1) is 11.8 Å².